The highest BCUT2D eigenvalue weighted by molar-refractivity contribution is 7.08. The molecule has 0 bridgehead atoms. The van der Waals surface area contributed by atoms with Crippen LogP contribution in [-0.4, -0.2) is 204 Å². The van der Waals surface area contributed by atoms with Gasteiger partial charge in [0.15, 0.2) is 0 Å². The fraction of sp³-hybridized carbons (Fsp3) is 0.696. The Morgan fingerprint density at radius 3 is 1.16 bits per heavy atom. The number of fused-ring (bicyclic) bond motifs is 3. The molecule has 3 unspecified atom stereocenters. The van der Waals surface area contributed by atoms with E-state index in [9.17, 15) is 82.1 Å². The van der Waals surface area contributed by atoms with Crippen molar-refractivity contribution in [3.8, 4) is 11.5 Å². The van der Waals surface area contributed by atoms with Crippen LogP contribution in [-0.2, 0) is 76.8 Å². The van der Waals surface area contributed by atoms with Crippen LogP contribution >= 0.6 is 11.3 Å². The van der Waals surface area contributed by atoms with E-state index in [0.717, 1.165) is 147 Å². The third kappa shape index (κ3) is 24.3. The molecule has 0 spiro atoms. The van der Waals surface area contributed by atoms with Gasteiger partial charge in [0.05, 0.1) is 18.1 Å². The predicted octanol–water partition coefficient (Wildman–Crippen LogP) is 9.49. The second-order valence-corrected chi connectivity index (χ2v) is 47.1. The second-order valence-electron chi connectivity index (χ2n) is 46.4. The van der Waals surface area contributed by atoms with E-state index >= 15 is 0 Å². The first-order valence-electron chi connectivity index (χ1n) is 49.5. The molecule has 12 fully saturated rings. The first kappa shape index (κ1) is 102. The lowest BCUT2D eigenvalue weighted by Crippen LogP contribution is -2.63. The van der Waals surface area contributed by atoms with Crippen LogP contribution in [0.1, 0.15) is 268 Å². The largest absolute Gasteiger partial charge is 0.508 e. The highest BCUT2D eigenvalue weighted by atomic mass is 32.1. The Morgan fingerprint density at radius 2 is 0.793 bits per heavy atom. The first-order valence-corrected chi connectivity index (χ1v) is 50.4. The van der Waals surface area contributed by atoms with Gasteiger partial charge < -0.3 is 90.0 Å². The molecule has 2 aromatic carbocycles. The number of ketones is 3. The number of phenolic OH excluding ortho intramolecular Hbond substituents is 2. The number of nitrogens with zero attached hydrogens (tertiary/aromatic N) is 3. The summed E-state index contributed by atoms with van der Waals surface area (Å²) >= 11 is 1.66. The summed E-state index contributed by atoms with van der Waals surface area (Å²) in [6.07, 6.45) is 22.9. The zero-order valence-electron chi connectivity index (χ0n) is 81.5. The van der Waals surface area contributed by atoms with E-state index in [0.29, 0.717) is 57.3 Å². The summed E-state index contributed by atoms with van der Waals surface area (Å²) in [6, 6.07) is 6.67. The van der Waals surface area contributed by atoms with Crippen molar-refractivity contribution >= 4 is 99.9 Å². The number of aromatic hydroxyl groups is 2. The molecule has 12 aliphatic rings. The summed E-state index contributed by atoms with van der Waals surface area (Å²) in [5, 5.41) is 51.1. The van der Waals surface area contributed by atoms with Crippen LogP contribution in [0, 0.1) is 86.3 Å². The van der Waals surface area contributed by atoms with Gasteiger partial charge in [-0.3, -0.25) is 57.5 Å². The standard InChI is InChI=1S/C35H51N5O6.C35H51N5O5S.C32H47N5O6/c1-33(2,3)28(38-32(46)39-35(15-7-6-8-16-35)18-21-11-13-22(41)14-12-21)31(45)40-19-23-25(34(23,4)5)26(40)30(44)37-24(17-20-9-10-20)27(42)29(36)43;1-34(2)24-19-40(28(26(24)34)31(43)37-25(17-21-11-12-21)29(41)30(36)42)32(44)27(23-9-5-3-6-10-23)38-33(45)39-35(14-7-4-8-15-35)18-22-13-16-46-20-22;1-30(2,3)25(35-29(43)36-31(4,5)15-18-10-8-9-11-21(18)38)28(42)37-16-19-22(32(19,6)7)23(37)27(41)34-20(14-17-12-13-17)24(39)26(33)40/h11-14,20,23-26,28,41H,6-10,15-19H2,1-5H3,(H2,36,43)(H,37,44)(H2,38,39,46);13,16,20-21,23-28H,3-12,14-15,17-19H2,1-2H3,(H2,36,42)(H,37,43)(H2,38,39,45);8-11,17,19-20,22-23,25,38H,12-16H2,1-7H3,(H2,33,40)(H,34,41)(H2,35,36,43)/t23-,24?,25-,26-,28+;24-,25?,26-,27-,28-;19-,20?,22-,23-,25+/m000/s1. The highest BCUT2D eigenvalue weighted by Gasteiger charge is 2.73. The molecular weight excluding hydrogens is 1740 g/mol. The molecule has 4 heterocycles. The van der Waals surface area contributed by atoms with Gasteiger partial charge in [0, 0.05) is 36.3 Å². The lowest BCUT2D eigenvalue weighted by atomic mass is 9.77. The molecule has 15 rings (SSSR count). The highest BCUT2D eigenvalue weighted by Crippen LogP contribution is 2.67. The molecular formula is C102H149N15O17S. The minimum Gasteiger partial charge on any atom is -0.508 e. The van der Waals surface area contributed by atoms with Gasteiger partial charge in [-0.2, -0.15) is 11.3 Å². The summed E-state index contributed by atoms with van der Waals surface area (Å²) in [5.41, 5.74) is 15.4. The maximum absolute atomic E-state index is 14.6. The van der Waals surface area contributed by atoms with E-state index in [4.69, 9.17) is 17.2 Å². The number of benzene rings is 2. The number of nitrogens with one attached hydrogen (secondary N) is 9. The number of likely N-dealkylation sites (tertiary alicyclic amines) is 3. The molecule has 1 aromatic heterocycles. The monoisotopic (exact) mass is 1890 g/mol. The average Bonchev–Trinajstić information content (AvgIpc) is 1.53. The quantitative estimate of drug-likeness (QED) is 0.0247. The van der Waals surface area contributed by atoms with Gasteiger partial charge in [-0.1, -0.05) is 210 Å². The number of hydrogen-bond donors (Lipinski definition) is 14. The van der Waals surface area contributed by atoms with Crippen LogP contribution in [0.3, 0.4) is 0 Å². The minimum atomic E-state index is -1.09. The maximum atomic E-state index is 14.6. The zero-order valence-corrected chi connectivity index (χ0v) is 82.4. The minimum absolute atomic E-state index is 0.0149. The molecule has 15 atom stereocenters. The summed E-state index contributed by atoms with van der Waals surface area (Å²) in [4.78, 5) is 204. The Kier molecular flexibility index (Phi) is 30.6. The summed E-state index contributed by atoms with van der Waals surface area (Å²) in [5.74, 6) is -6.81. The Bertz CT molecular complexity index is 4930. The lowest BCUT2D eigenvalue weighted by molar-refractivity contribution is -0.145. The smallest absolute Gasteiger partial charge is 0.315 e. The average molecular weight is 1890 g/mol. The van der Waals surface area contributed by atoms with Crippen LogP contribution in [0.5, 0.6) is 11.5 Å². The van der Waals surface area contributed by atoms with E-state index in [-0.39, 0.29) is 116 Å². The molecule has 0 radical (unpaired) electrons. The number of urea groups is 3. The number of carbonyl (C=O) groups is 15. The number of para-hydroxylation sites is 1. The van der Waals surface area contributed by atoms with E-state index in [1.54, 1.807) is 51.5 Å². The van der Waals surface area contributed by atoms with Crippen molar-refractivity contribution in [2.24, 2.45) is 103 Å². The molecule has 3 saturated heterocycles. The summed E-state index contributed by atoms with van der Waals surface area (Å²) < 4.78 is 0. The zero-order chi connectivity index (χ0) is 98.3. The van der Waals surface area contributed by atoms with Crippen molar-refractivity contribution in [1.29, 1.82) is 0 Å². The Morgan fingerprint density at radius 1 is 0.430 bits per heavy atom. The van der Waals surface area contributed by atoms with Gasteiger partial charge in [-0.05, 0) is 229 Å². The second kappa shape index (κ2) is 40.5. The number of Topliss-reactive ketones (excluding diaryl/α,β-unsaturated/α-hetero) is 3. The normalized spacial score (nSPS) is 25.9. The van der Waals surface area contributed by atoms with E-state index < -0.39 is 141 Å². The molecule has 32 nitrogen and oxygen atoms in total. The van der Waals surface area contributed by atoms with E-state index in [1.165, 1.54) is 10.5 Å². The molecule has 3 aliphatic heterocycles. The summed E-state index contributed by atoms with van der Waals surface area (Å²) in [6.45, 7) is 28.5. The Hall–Kier alpha value is -10.2. The number of thiophene rings is 1. The molecule has 9 saturated carbocycles. The molecule has 33 heteroatoms. The van der Waals surface area contributed by atoms with Crippen LogP contribution in [0.25, 0.3) is 0 Å². The number of carbonyl (C=O) groups excluding carboxylic acids is 15. The number of piperidine rings is 3. The molecule has 740 valence electrons. The number of primary amides is 3. The van der Waals surface area contributed by atoms with Gasteiger partial charge in [0.1, 0.15) is 47.8 Å². The van der Waals surface area contributed by atoms with Crippen molar-refractivity contribution in [3.05, 3.63) is 82.0 Å². The number of phenols is 2. The van der Waals surface area contributed by atoms with Crippen molar-refractivity contribution in [3.63, 3.8) is 0 Å². The van der Waals surface area contributed by atoms with Crippen LogP contribution in [0.2, 0.25) is 0 Å². The number of rotatable bonds is 34. The fourth-order valence-corrected chi connectivity index (χ4v) is 24.2. The van der Waals surface area contributed by atoms with Gasteiger partial charge in [-0.15, -0.1) is 0 Å². The molecule has 3 aromatic rings. The molecule has 9 aliphatic carbocycles. The number of amides is 15. The third-order valence-electron chi connectivity index (χ3n) is 32.2. The predicted molar refractivity (Wildman–Crippen MR) is 508 cm³/mol. The SMILES string of the molecule is CC(C)(C)[C@H](NC(=O)NC1(Cc2ccc(O)cc2)CCCCC1)C(=O)N1C[C@H]2[C@@H]([C@H]1C(=O)NC(CC1CC1)C(=O)C(N)=O)C2(C)C.CC(C)(Cc1ccccc1O)NC(=O)N[C@H](C(=O)N1C[C@H]2[C@@H]([C@H]1C(=O)NC(CC1CC1)C(=O)C(N)=O)C2(C)C)C(C)(C)C.CC1(C)[C@@H]2[C@@H](C(=O)NC(CC3CC3)C(=O)C(N)=O)N(C(=O)[C@@H](NC(=O)NC3(Cc4ccsc4)CCCCC3)C3CCCCC3)C[C@@H]21. The fourth-order valence-electron chi connectivity index (χ4n) is 23.6. The van der Waals surface area contributed by atoms with Crippen molar-refractivity contribution < 1.29 is 82.1 Å². The van der Waals surface area contributed by atoms with Gasteiger partial charge in [-0.25, -0.2) is 14.4 Å². The van der Waals surface area contributed by atoms with Crippen molar-refractivity contribution in [2.75, 3.05) is 19.6 Å². The molecule has 17 N–H and O–H groups in total. The van der Waals surface area contributed by atoms with Crippen LogP contribution in [0.4, 0.5) is 14.4 Å². The van der Waals surface area contributed by atoms with Gasteiger partial charge in [0.2, 0.25) is 52.8 Å². The van der Waals surface area contributed by atoms with Gasteiger partial charge in [0.25, 0.3) is 17.7 Å². The lowest BCUT2D eigenvalue weighted by Gasteiger charge is -2.41. The Labute approximate surface area is 798 Å². The topological polar surface area (TPSA) is 493 Å². The number of nitrogens with two attached hydrogens (primary N) is 3. The molecule has 135 heavy (non-hydrogen) atoms. The third-order valence-corrected chi connectivity index (χ3v) is 32.9. The van der Waals surface area contributed by atoms with Gasteiger partial charge >= 0.3 is 18.1 Å². The Balaban J connectivity index is 0.000000172. The number of hydrogen-bond acceptors (Lipinski definition) is 18. The van der Waals surface area contributed by atoms with Crippen molar-refractivity contribution in [1.82, 2.24) is 62.6 Å². The van der Waals surface area contributed by atoms with Crippen LogP contribution < -0.4 is 65.1 Å². The maximum Gasteiger partial charge on any atom is 0.315 e. The first-order chi connectivity index (χ1) is 63.3. The van der Waals surface area contributed by atoms with Crippen LogP contribution in [0.15, 0.2) is 65.4 Å². The van der Waals surface area contributed by atoms with E-state index in [1.807, 2.05) is 73.6 Å². The van der Waals surface area contributed by atoms with E-state index in [2.05, 4.69) is 106 Å². The summed E-state index contributed by atoms with van der Waals surface area (Å²) in [7, 11) is 0. The molecule has 15 amide bonds. The van der Waals surface area contributed by atoms with Crippen molar-refractivity contribution in [2.45, 2.75) is 341 Å².